The van der Waals surface area contributed by atoms with Gasteiger partial charge in [-0.3, -0.25) is 4.79 Å². The highest BCUT2D eigenvalue weighted by Crippen LogP contribution is 2.17. The van der Waals surface area contributed by atoms with Crippen molar-refractivity contribution in [1.29, 1.82) is 0 Å². The van der Waals surface area contributed by atoms with E-state index in [9.17, 15) is 9.90 Å². The van der Waals surface area contributed by atoms with Gasteiger partial charge in [-0.25, -0.2) is 0 Å². The molecule has 17 heavy (non-hydrogen) atoms. The van der Waals surface area contributed by atoms with Gasteiger partial charge in [-0.2, -0.15) is 11.3 Å². The van der Waals surface area contributed by atoms with Gasteiger partial charge in [-0.05, 0) is 35.7 Å². The van der Waals surface area contributed by atoms with Crippen LogP contribution in [0.25, 0.3) is 0 Å². The molecule has 1 amide bonds. The quantitative estimate of drug-likeness (QED) is 0.815. The van der Waals surface area contributed by atoms with Gasteiger partial charge >= 0.3 is 0 Å². The summed E-state index contributed by atoms with van der Waals surface area (Å²) in [5.41, 5.74) is -0.000109. The van der Waals surface area contributed by atoms with Gasteiger partial charge in [0.1, 0.15) is 5.60 Å². The number of aliphatic hydroxyl groups excluding tert-OH is 1. The van der Waals surface area contributed by atoms with Crippen molar-refractivity contribution in [1.82, 2.24) is 5.32 Å². The van der Waals surface area contributed by atoms with E-state index in [-0.39, 0.29) is 12.5 Å². The summed E-state index contributed by atoms with van der Waals surface area (Å²) in [6, 6.07) is 1.84. The van der Waals surface area contributed by atoms with Crippen LogP contribution in [0, 0.1) is 0 Å². The third-order valence-corrected chi connectivity index (χ3v) is 3.69. The Morgan fingerprint density at radius 2 is 2.41 bits per heavy atom. The molecule has 1 aromatic rings. The molecule has 5 heteroatoms. The van der Waals surface area contributed by atoms with Crippen LogP contribution >= 0.6 is 11.3 Å². The third-order valence-electron chi connectivity index (χ3n) is 2.99. The van der Waals surface area contributed by atoms with E-state index < -0.39 is 11.7 Å². The molecule has 0 fully saturated rings. The molecule has 4 nitrogen and oxygen atoms in total. The highest BCUT2D eigenvalue weighted by Gasteiger charge is 2.30. The number of hydrogen-bond acceptors (Lipinski definition) is 4. The number of methoxy groups -OCH3 is 1. The van der Waals surface area contributed by atoms with Crippen molar-refractivity contribution in [2.75, 3.05) is 13.7 Å². The van der Waals surface area contributed by atoms with E-state index in [0.717, 1.165) is 5.56 Å². The van der Waals surface area contributed by atoms with Crippen LogP contribution in [-0.2, 0) is 9.53 Å². The SMILES string of the molecule is CCC(C)(OC)C(=O)NCC(O)c1ccsc1. The fraction of sp³-hybridized carbons (Fsp3) is 0.583. The van der Waals surface area contributed by atoms with Gasteiger partial charge in [0.15, 0.2) is 0 Å². The fourth-order valence-electron chi connectivity index (χ4n) is 1.36. The normalized spacial score (nSPS) is 16.2. The van der Waals surface area contributed by atoms with E-state index >= 15 is 0 Å². The number of thiophene rings is 1. The average Bonchev–Trinajstić information content (AvgIpc) is 2.88. The van der Waals surface area contributed by atoms with Gasteiger partial charge in [0.2, 0.25) is 0 Å². The standard InChI is InChI=1S/C12H19NO3S/c1-4-12(2,16-3)11(15)13-7-10(14)9-5-6-17-8-9/h5-6,8,10,14H,4,7H2,1-3H3,(H,13,15). The first-order valence-corrected chi connectivity index (χ1v) is 6.51. The first-order valence-electron chi connectivity index (χ1n) is 5.57. The zero-order valence-electron chi connectivity index (χ0n) is 10.4. The van der Waals surface area contributed by atoms with E-state index in [0.29, 0.717) is 6.42 Å². The molecule has 0 aliphatic rings. The van der Waals surface area contributed by atoms with Gasteiger partial charge in [-0.1, -0.05) is 6.92 Å². The van der Waals surface area contributed by atoms with Crippen molar-refractivity contribution in [3.63, 3.8) is 0 Å². The Kier molecular flexibility index (Phi) is 5.11. The molecule has 0 aromatic carbocycles. The minimum absolute atomic E-state index is 0.197. The van der Waals surface area contributed by atoms with Gasteiger partial charge in [-0.15, -0.1) is 0 Å². The molecule has 0 radical (unpaired) electrons. The maximum absolute atomic E-state index is 11.9. The van der Waals surface area contributed by atoms with Crippen molar-refractivity contribution in [3.8, 4) is 0 Å². The number of amides is 1. The summed E-state index contributed by atoms with van der Waals surface area (Å²) in [5.74, 6) is -0.197. The number of hydrogen-bond donors (Lipinski definition) is 2. The molecule has 0 spiro atoms. The highest BCUT2D eigenvalue weighted by atomic mass is 32.1. The maximum atomic E-state index is 11.9. The number of rotatable bonds is 6. The van der Waals surface area contributed by atoms with E-state index in [4.69, 9.17) is 4.74 Å². The fourth-order valence-corrected chi connectivity index (χ4v) is 2.06. The molecule has 96 valence electrons. The van der Waals surface area contributed by atoms with Crippen LogP contribution in [0.2, 0.25) is 0 Å². The molecule has 1 heterocycles. The first-order chi connectivity index (χ1) is 8.03. The Bertz CT molecular complexity index is 347. The third kappa shape index (κ3) is 3.52. The van der Waals surface area contributed by atoms with Crippen molar-refractivity contribution in [2.45, 2.75) is 32.0 Å². The Hall–Kier alpha value is -0.910. The Labute approximate surface area is 106 Å². The summed E-state index contributed by atoms with van der Waals surface area (Å²) in [6.45, 7) is 3.83. The van der Waals surface area contributed by atoms with Gasteiger partial charge < -0.3 is 15.2 Å². The molecular weight excluding hydrogens is 238 g/mol. The molecule has 2 unspecified atom stereocenters. The smallest absolute Gasteiger partial charge is 0.252 e. The number of nitrogens with one attached hydrogen (secondary N) is 1. The summed E-state index contributed by atoms with van der Waals surface area (Å²) in [7, 11) is 1.51. The topological polar surface area (TPSA) is 58.6 Å². The van der Waals surface area contributed by atoms with Crippen molar-refractivity contribution in [3.05, 3.63) is 22.4 Å². The predicted molar refractivity (Wildman–Crippen MR) is 68.0 cm³/mol. The highest BCUT2D eigenvalue weighted by molar-refractivity contribution is 7.07. The van der Waals surface area contributed by atoms with Gasteiger partial charge in [0.25, 0.3) is 5.91 Å². The number of carbonyl (C=O) groups excluding carboxylic acids is 1. The lowest BCUT2D eigenvalue weighted by Gasteiger charge is -2.25. The number of ether oxygens (including phenoxy) is 1. The van der Waals surface area contributed by atoms with E-state index in [1.54, 1.807) is 6.92 Å². The monoisotopic (exact) mass is 257 g/mol. The molecule has 0 bridgehead atoms. The van der Waals surface area contributed by atoms with Crippen molar-refractivity contribution < 1.29 is 14.6 Å². The summed E-state index contributed by atoms with van der Waals surface area (Å²) < 4.78 is 5.18. The molecule has 2 atom stereocenters. The first kappa shape index (κ1) is 14.2. The minimum atomic E-state index is -0.825. The van der Waals surface area contributed by atoms with Crippen LogP contribution in [-0.4, -0.2) is 30.3 Å². The van der Waals surface area contributed by atoms with Gasteiger partial charge in [0, 0.05) is 13.7 Å². The molecule has 2 N–H and O–H groups in total. The zero-order chi connectivity index (χ0) is 12.9. The van der Waals surface area contributed by atoms with Crippen LogP contribution < -0.4 is 5.32 Å². The zero-order valence-corrected chi connectivity index (χ0v) is 11.2. The van der Waals surface area contributed by atoms with Crippen molar-refractivity contribution in [2.24, 2.45) is 0 Å². The molecule has 0 aliphatic heterocycles. The second kappa shape index (κ2) is 6.14. The molecule has 0 aliphatic carbocycles. The predicted octanol–water partition coefficient (Wildman–Crippen LogP) is 1.71. The van der Waals surface area contributed by atoms with Crippen molar-refractivity contribution >= 4 is 17.2 Å². The summed E-state index contributed by atoms with van der Waals surface area (Å²) in [5, 5.41) is 16.3. The van der Waals surface area contributed by atoms with Crippen LogP contribution in [0.15, 0.2) is 16.8 Å². The molecule has 0 saturated heterocycles. The minimum Gasteiger partial charge on any atom is -0.387 e. The van der Waals surface area contributed by atoms with Crippen LogP contribution in [0.1, 0.15) is 31.9 Å². The largest absolute Gasteiger partial charge is 0.387 e. The van der Waals surface area contributed by atoms with Crippen LogP contribution in [0.3, 0.4) is 0 Å². The summed E-state index contributed by atoms with van der Waals surface area (Å²) in [6.07, 6.45) is -0.0766. The average molecular weight is 257 g/mol. The lowest BCUT2D eigenvalue weighted by molar-refractivity contribution is -0.142. The number of carbonyl (C=O) groups is 1. The maximum Gasteiger partial charge on any atom is 0.252 e. The van der Waals surface area contributed by atoms with Crippen LogP contribution in [0.5, 0.6) is 0 Å². The lowest BCUT2D eigenvalue weighted by Crippen LogP contribution is -2.46. The van der Waals surface area contributed by atoms with E-state index in [2.05, 4.69) is 5.32 Å². The summed E-state index contributed by atoms with van der Waals surface area (Å²) in [4.78, 5) is 11.9. The van der Waals surface area contributed by atoms with E-state index in [1.165, 1.54) is 18.4 Å². The Morgan fingerprint density at radius 1 is 1.71 bits per heavy atom. The van der Waals surface area contributed by atoms with Crippen LogP contribution in [0.4, 0.5) is 0 Å². The summed E-state index contributed by atoms with van der Waals surface area (Å²) >= 11 is 1.52. The molecule has 1 rings (SSSR count). The van der Waals surface area contributed by atoms with E-state index in [1.807, 2.05) is 23.8 Å². The molecule has 1 aromatic heterocycles. The Balaban J connectivity index is 2.48. The molecule has 0 saturated carbocycles. The lowest BCUT2D eigenvalue weighted by atomic mass is 10.0. The Morgan fingerprint density at radius 3 is 2.88 bits per heavy atom. The molecular formula is C12H19NO3S. The second-order valence-electron chi connectivity index (χ2n) is 4.07. The second-order valence-corrected chi connectivity index (χ2v) is 4.85. The van der Waals surface area contributed by atoms with Gasteiger partial charge in [0.05, 0.1) is 6.10 Å². The number of aliphatic hydroxyl groups is 1.